The standard InChI is InChI=1S/C49H94O6/c1-6-8-9-10-11-12-13-14-15-16-17-18-24-29-34-39-47(50)53-42-46(55-49(52)41-36-31-26-21-22-27-32-37-44(3)4)43-54-48(51)40-35-30-25-20-19-23-28-33-38-45(5)7-2/h44-46H,6-43H2,1-5H3/t45?,46-/m0/s1. The Balaban J connectivity index is 4.30. The molecule has 0 fully saturated rings. The van der Waals surface area contributed by atoms with Crippen molar-refractivity contribution in [2.24, 2.45) is 11.8 Å². The number of carbonyl (C=O) groups is 3. The zero-order valence-electron chi connectivity index (χ0n) is 37.6. The van der Waals surface area contributed by atoms with E-state index < -0.39 is 6.10 Å². The normalized spacial score (nSPS) is 12.5. The van der Waals surface area contributed by atoms with Gasteiger partial charge in [-0.1, -0.05) is 227 Å². The van der Waals surface area contributed by atoms with E-state index in [4.69, 9.17) is 14.2 Å². The zero-order valence-corrected chi connectivity index (χ0v) is 37.6. The predicted molar refractivity (Wildman–Crippen MR) is 233 cm³/mol. The first-order chi connectivity index (χ1) is 26.8. The fourth-order valence-corrected chi connectivity index (χ4v) is 7.25. The maximum absolute atomic E-state index is 12.7. The third-order valence-corrected chi connectivity index (χ3v) is 11.3. The van der Waals surface area contributed by atoms with Gasteiger partial charge in [0.2, 0.25) is 0 Å². The molecule has 55 heavy (non-hydrogen) atoms. The lowest BCUT2D eigenvalue weighted by Crippen LogP contribution is -2.30. The van der Waals surface area contributed by atoms with Crippen LogP contribution < -0.4 is 0 Å². The first-order valence-corrected chi connectivity index (χ1v) is 24.3. The highest BCUT2D eigenvalue weighted by Gasteiger charge is 2.19. The molecule has 0 saturated carbocycles. The van der Waals surface area contributed by atoms with E-state index in [0.29, 0.717) is 19.3 Å². The van der Waals surface area contributed by atoms with Gasteiger partial charge in [0.1, 0.15) is 13.2 Å². The molecule has 0 aliphatic heterocycles. The van der Waals surface area contributed by atoms with Gasteiger partial charge in [0, 0.05) is 19.3 Å². The average Bonchev–Trinajstić information content (AvgIpc) is 3.17. The van der Waals surface area contributed by atoms with Gasteiger partial charge in [-0.05, 0) is 31.1 Å². The Labute approximate surface area is 342 Å². The Morgan fingerprint density at radius 3 is 1.04 bits per heavy atom. The van der Waals surface area contributed by atoms with Crippen LogP contribution >= 0.6 is 0 Å². The molecule has 0 aliphatic rings. The van der Waals surface area contributed by atoms with Crippen molar-refractivity contribution in [2.75, 3.05) is 13.2 Å². The van der Waals surface area contributed by atoms with Gasteiger partial charge >= 0.3 is 17.9 Å². The van der Waals surface area contributed by atoms with Crippen LogP contribution in [-0.4, -0.2) is 37.2 Å². The summed E-state index contributed by atoms with van der Waals surface area (Å²) in [5, 5.41) is 0. The molecular weight excluding hydrogens is 685 g/mol. The van der Waals surface area contributed by atoms with Crippen LogP contribution in [0.3, 0.4) is 0 Å². The van der Waals surface area contributed by atoms with Crippen molar-refractivity contribution in [1.29, 1.82) is 0 Å². The summed E-state index contributed by atoms with van der Waals surface area (Å²) in [6.45, 7) is 11.3. The van der Waals surface area contributed by atoms with Crippen molar-refractivity contribution in [3.63, 3.8) is 0 Å². The zero-order chi connectivity index (χ0) is 40.5. The molecule has 0 aromatic carbocycles. The van der Waals surface area contributed by atoms with Gasteiger partial charge in [0.25, 0.3) is 0 Å². The van der Waals surface area contributed by atoms with Crippen LogP contribution in [0.2, 0.25) is 0 Å². The largest absolute Gasteiger partial charge is 0.462 e. The van der Waals surface area contributed by atoms with Gasteiger partial charge in [-0.3, -0.25) is 14.4 Å². The number of hydrogen-bond acceptors (Lipinski definition) is 6. The van der Waals surface area contributed by atoms with E-state index >= 15 is 0 Å². The molecular formula is C49H94O6. The molecule has 0 radical (unpaired) electrons. The van der Waals surface area contributed by atoms with Gasteiger partial charge in [0.15, 0.2) is 6.10 Å². The summed E-state index contributed by atoms with van der Waals surface area (Å²) in [5.41, 5.74) is 0. The Morgan fingerprint density at radius 2 is 0.691 bits per heavy atom. The van der Waals surface area contributed by atoms with E-state index in [1.807, 2.05) is 0 Å². The number of ether oxygens (including phenoxy) is 3. The Morgan fingerprint density at radius 1 is 0.382 bits per heavy atom. The van der Waals surface area contributed by atoms with Gasteiger partial charge in [0.05, 0.1) is 0 Å². The Kier molecular flexibility index (Phi) is 40.8. The quantitative estimate of drug-likeness (QED) is 0.0348. The summed E-state index contributed by atoms with van der Waals surface area (Å²) in [4.78, 5) is 37.8. The minimum Gasteiger partial charge on any atom is -0.462 e. The van der Waals surface area contributed by atoms with Crippen molar-refractivity contribution in [3.8, 4) is 0 Å². The summed E-state index contributed by atoms with van der Waals surface area (Å²) in [7, 11) is 0. The van der Waals surface area contributed by atoms with Gasteiger partial charge in [-0.25, -0.2) is 0 Å². The Bertz CT molecular complexity index is 841. The third-order valence-electron chi connectivity index (χ3n) is 11.3. The van der Waals surface area contributed by atoms with Crippen molar-refractivity contribution >= 4 is 17.9 Å². The monoisotopic (exact) mass is 779 g/mol. The molecule has 0 N–H and O–H groups in total. The smallest absolute Gasteiger partial charge is 0.306 e. The number of esters is 3. The molecule has 0 amide bonds. The lowest BCUT2D eigenvalue weighted by molar-refractivity contribution is -0.167. The molecule has 0 aliphatic carbocycles. The molecule has 6 heteroatoms. The van der Waals surface area contributed by atoms with Crippen LogP contribution in [0.25, 0.3) is 0 Å². The molecule has 0 rings (SSSR count). The van der Waals surface area contributed by atoms with Crippen LogP contribution in [0.1, 0.15) is 266 Å². The van der Waals surface area contributed by atoms with Gasteiger partial charge in [-0.15, -0.1) is 0 Å². The van der Waals surface area contributed by atoms with Crippen LogP contribution in [0.5, 0.6) is 0 Å². The summed E-state index contributed by atoms with van der Waals surface area (Å²) in [5.74, 6) is 0.768. The van der Waals surface area contributed by atoms with E-state index in [2.05, 4.69) is 34.6 Å². The second-order valence-corrected chi connectivity index (χ2v) is 17.5. The van der Waals surface area contributed by atoms with Gasteiger partial charge < -0.3 is 14.2 Å². The first-order valence-electron chi connectivity index (χ1n) is 24.3. The van der Waals surface area contributed by atoms with E-state index in [0.717, 1.165) is 69.6 Å². The molecule has 1 unspecified atom stereocenters. The van der Waals surface area contributed by atoms with Crippen LogP contribution in [-0.2, 0) is 28.6 Å². The second-order valence-electron chi connectivity index (χ2n) is 17.5. The summed E-state index contributed by atoms with van der Waals surface area (Å²) < 4.78 is 16.7. The summed E-state index contributed by atoms with van der Waals surface area (Å²) in [6.07, 6.45) is 40.9. The molecule has 326 valence electrons. The highest BCUT2D eigenvalue weighted by Crippen LogP contribution is 2.17. The fraction of sp³-hybridized carbons (Fsp3) is 0.939. The maximum Gasteiger partial charge on any atom is 0.306 e. The van der Waals surface area contributed by atoms with Crippen LogP contribution in [0.4, 0.5) is 0 Å². The fourth-order valence-electron chi connectivity index (χ4n) is 7.25. The highest BCUT2D eigenvalue weighted by molar-refractivity contribution is 5.71. The molecule has 2 atom stereocenters. The van der Waals surface area contributed by atoms with E-state index in [9.17, 15) is 14.4 Å². The molecule has 0 aromatic heterocycles. The third kappa shape index (κ3) is 41.9. The van der Waals surface area contributed by atoms with E-state index in [1.54, 1.807) is 0 Å². The van der Waals surface area contributed by atoms with Crippen molar-refractivity contribution in [3.05, 3.63) is 0 Å². The maximum atomic E-state index is 12.7. The molecule has 0 spiro atoms. The Hall–Kier alpha value is -1.59. The SMILES string of the molecule is CCCCCCCCCCCCCCCCCC(=O)OC[C@@H](COC(=O)CCCCCCCCCCC(C)CC)OC(=O)CCCCCCCCCC(C)C. The number of unbranched alkanes of at least 4 members (excludes halogenated alkanes) is 27. The molecule has 6 nitrogen and oxygen atoms in total. The van der Waals surface area contributed by atoms with E-state index in [1.165, 1.54) is 154 Å². The van der Waals surface area contributed by atoms with Crippen molar-refractivity contribution < 1.29 is 28.6 Å². The number of rotatable bonds is 43. The molecule has 0 heterocycles. The molecule has 0 bridgehead atoms. The number of carbonyl (C=O) groups excluding carboxylic acids is 3. The molecule has 0 aromatic rings. The van der Waals surface area contributed by atoms with E-state index in [-0.39, 0.29) is 31.1 Å². The lowest BCUT2D eigenvalue weighted by atomic mass is 9.99. The van der Waals surface area contributed by atoms with Crippen molar-refractivity contribution in [2.45, 2.75) is 272 Å². The lowest BCUT2D eigenvalue weighted by Gasteiger charge is -2.18. The minimum atomic E-state index is -0.761. The van der Waals surface area contributed by atoms with Crippen molar-refractivity contribution in [1.82, 2.24) is 0 Å². The topological polar surface area (TPSA) is 78.9 Å². The predicted octanol–water partition coefficient (Wildman–Crippen LogP) is 15.4. The van der Waals surface area contributed by atoms with Crippen LogP contribution in [0, 0.1) is 11.8 Å². The van der Waals surface area contributed by atoms with Crippen LogP contribution in [0.15, 0.2) is 0 Å². The average molecular weight is 779 g/mol. The summed E-state index contributed by atoms with van der Waals surface area (Å²) in [6, 6.07) is 0. The van der Waals surface area contributed by atoms with Gasteiger partial charge in [-0.2, -0.15) is 0 Å². The highest BCUT2D eigenvalue weighted by atomic mass is 16.6. The molecule has 0 saturated heterocycles. The minimum absolute atomic E-state index is 0.0652. The number of hydrogen-bond donors (Lipinski definition) is 0. The first kappa shape index (κ1) is 53.4. The summed E-state index contributed by atoms with van der Waals surface area (Å²) >= 11 is 0. The second kappa shape index (κ2) is 42.0.